The van der Waals surface area contributed by atoms with Crippen molar-refractivity contribution in [2.24, 2.45) is 5.11 Å². The summed E-state index contributed by atoms with van der Waals surface area (Å²) < 4.78 is 5.38. The number of rotatable bonds is 5. The predicted molar refractivity (Wildman–Crippen MR) is 67.4 cm³/mol. The van der Waals surface area contributed by atoms with Crippen molar-refractivity contribution in [2.75, 3.05) is 19.7 Å². The lowest BCUT2D eigenvalue weighted by molar-refractivity contribution is -0.150. The summed E-state index contributed by atoms with van der Waals surface area (Å²) >= 11 is 0. The van der Waals surface area contributed by atoms with Crippen molar-refractivity contribution in [1.82, 2.24) is 5.32 Å². The fourth-order valence-corrected chi connectivity index (χ4v) is 2.22. The Morgan fingerprint density at radius 2 is 2.37 bits per heavy atom. The van der Waals surface area contributed by atoms with Gasteiger partial charge in [0.1, 0.15) is 0 Å². The Morgan fingerprint density at radius 3 is 3.11 bits per heavy atom. The van der Waals surface area contributed by atoms with Crippen molar-refractivity contribution in [3.05, 3.63) is 45.8 Å². The quantitative estimate of drug-likeness (QED) is 0.362. The molecule has 0 bridgehead atoms. The Morgan fingerprint density at radius 1 is 1.58 bits per heavy atom. The van der Waals surface area contributed by atoms with Crippen molar-refractivity contribution in [1.29, 1.82) is 0 Å². The number of carboxylic acid groups (broad SMARTS) is 1. The zero-order valence-electron chi connectivity index (χ0n) is 10.2. The molecular formula is C12H14N4O3. The van der Waals surface area contributed by atoms with Crippen molar-refractivity contribution >= 4 is 5.97 Å². The highest BCUT2D eigenvalue weighted by molar-refractivity contribution is 5.82. The number of nitrogens with one attached hydrogen (secondary N) is 1. The van der Waals surface area contributed by atoms with Crippen LogP contribution in [-0.2, 0) is 21.7 Å². The lowest BCUT2D eigenvalue weighted by Crippen LogP contribution is -2.55. The molecule has 2 N–H and O–H groups in total. The molecule has 19 heavy (non-hydrogen) atoms. The van der Waals surface area contributed by atoms with Crippen LogP contribution < -0.4 is 5.32 Å². The highest BCUT2D eigenvalue weighted by Crippen LogP contribution is 2.30. The van der Waals surface area contributed by atoms with E-state index in [1.54, 1.807) is 12.1 Å². The van der Waals surface area contributed by atoms with E-state index >= 15 is 0 Å². The maximum Gasteiger partial charge on any atom is 0.331 e. The van der Waals surface area contributed by atoms with Gasteiger partial charge in [-0.2, -0.15) is 0 Å². The van der Waals surface area contributed by atoms with Crippen molar-refractivity contribution < 1.29 is 14.6 Å². The molecule has 1 aromatic carbocycles. The molecule has 1 unspecified atom stereocenters. The zero-order valence-corrected chi connectivity index (χ0v) is 10.2. The van der Waals surface area contributed by atoms with Gasteiger partial charge < -0.3 is 9.84 Å². The number of hydrogen-bond donors (Lipinski definition) is 2. The summed E-state index contributed by atoms with van der Waals surface area (Å²) in [7, 11) is 0. The maximum atomic E-state index is 11.7. The van der Waals surface area contributed by atoms with Crippen LogP contribution in [0.25, 0.3) is 10.4 Å². The van der Waals surface area contributed by atoms with Gasteiger partial charge in [-0.15, -0.1) is 0 Å². The van der Waals surface area contributed by atoms with E-state index in [1.165, 1.54) is 0 Å². The molecule has 0 saturated carbocycles. The minimum Gasteiger partial charge on any atom is -0.480 e. The van der Waals surface area contributed by atoms with E-state index < -0.39 is 11.5 Å². The number of benzene rings is 1. The molecule has 1 atom stereocenters. The normalized spacial score (nSPS) is 21.3. The molecule has 7 nitrogen and oxygen atoms in total. The summed E-state index contributed by atoms with van der Waals surface area (Å²) in [6, 6.07) is 7.28. The number of azide groups is 1. The van der Waals surface area contributed by atoms with Crippen molar-refractivity contribution in [3.63, 3.8) is 0 Å². The number of nitrogens with zero attached hydrogens (tertiary/aromatic N) is 3. The first-order valence-corrected chi connectivity index (χ1v) is 5.86. The first-order valence-electron chi connectivity index (χ1n) is 5.86. The molecule has 0 saturated heterocycles. The summed E-state index contributed by atoms with van der Waals surface area (Å²) in [6.45, 7) is 0.917. The largest absolute Gasteiger partial charge is 0.480 e. The number of aliphatic carboxylic acids is 1. The molecule has 1 aliphatic heterocycles. The van der Waals surface area contributed by atoms with Gasteiger partial charge in [0.2, 0.25) is 0 Å². The molecule has 0 aliphatic carbocycles. The van der Waals surface area contributed by atoms with Crippen molar-refractivity contribution in [3.8, 4) is 0 Å². The maximum absolute atomic E-state index is 11.7. The third-order valence-corrected chi connectivity index (χ3v) is 3.12. The lowest BCUT2D eigenvalue weighted by atomic mass is 9.85. The molecule has 0 radical (unpaired) electrons. The van der Waals surface area contributed by atoms with Crippen LogP contribution in [0.4, 0.5) is 0 Å². The molecule has 0 spiro atoms. The molecule has 7 heteroatoms. The Balaban J connectivity index is 2.30. The second-order valence-corrected chi connectivity index (χ2v) is 4.24. The van der Waals surface area contributed by atoms with Crippen LogP contribution in [0.3, 0.4) is 0 Å². The van der Waals surface area contributed by atoms with Gasteiger partial charge in [0.05, 0.1) is 13.2 Å². The summed E-state index contributed by atoms with van der Waals surface area (Å²) in [5, 5.41) is 15.9. The van der Waals surface area contributed by atoms with E-state index in [-0.39, 0.29) is 19.7 Å². The molecule has 0 fully saturated rings. The van der Waals surface area contributed by atoms with E-state index in [0.29, 0.717) is 12.2 Å². The summed E-state index contributed by atoms with van der Waals surface area (Å²) in [6.07, 6.45) is 0. The van der Waals surface area contributed by atoms with Crippen LogP contribution in [0.1, 0.15) is 11.1 Å². The number of hydrogen-bond acceptors (Lipinski definition) is 4. The molecule has 0 amide bonds. The molecular weight excluding hydrogens is 248 g/mol. The second kappa shape index (κ2) is 5.71. The average molecular weight is 262 g/mol. The highest BCUT2D eigenvalue weighted by atomic mass is 16.5. The lowest BCUT2D eigenvalue weighted by Gasteiger charge is -2.36. The number of carbonyl (C=O) groups is 1. The van der Waals surface area contributed by atoms with Gasteiger partial charge in [0.15, 0.2) is 5.54 Å². The number of carboxylic acids is 1. The summed E-state index contributed by atoms with van der Waals surface area (Å²) in [4.78, 5) is 14.3. The number of fused-ring (bicyclic) bond motifs is 1. The highest BCUT2D eigenvalue weighted by Gasteiger charge is 2.43. The van der Waals surface area contributed by atoms with E-state index in [9.17, 15) is 9.90 Å². The predicted octanol–water partition coefficient (Wildman–Crippen LogP) is 1.40. The molecule has 1 heterocycles. The Bertz CT molecular complexity index is 527. The Hall–Kier alpha value is -2.08. The van der Waals surface area contributed by atoms with Gasteiger partial charge in [-0.05, 0) is 16.7 Å². The zero-order chi connectivity index (χ0) is 13.7. The smallest absolute Gasteiger partial charge is 0.331 e. The minimum atomic E-state index is -1.28. The van der Waals surface area contributed by atoms with Crippen LogP contribution in [0.2, 0.25) is 0 Å². The third kappa shape index (κ3) is 2.53. The Kier molecular flexibility index (Phi) is 4.01. The van der Waals surface area contributed by atoms with Gasteiger partial charge in [-0.3, -0.25) is 5.32 Å². The molecule has 1 aliphatic rings. The molecule has 0 aromatic heterocycles. The SMILES string of the molecule is [N-]=[N+]=NCCNC1(C(=O)O)COCc2ccccc21. The first-order chi connectivity index (χ1) is 9.20. The molecule has 100 valence electrons. The second-order valence-electron chi connectivity index (χ2n) is 4.24. The van der Waals surface area contributed by atoms with Crippen LogP contribution in [-0.4, -0.2) is 30.8 Å². The molecule has 1 aromatic rings. The van der Waals surface area contributed by atoms with Gasteiger partial charge in [-0.25, -0.2) is 4.79 Å². The minimum absolute atomic E-state index is 0.0512. The average Bonchev–Trinajstić information content (AvgIpc) is 2.43. The van der Waals surface area contributed by atoms with Gasteiger partial charge >= 0.3 is 5.97 Å². The van der Waals surface area contributed by atoms with Crippen LogP contribution >= 0.6 is 0 Å². The van der Waals surface area contributed by atoms with Gasteiger partial charge in [0.25, 0.3) is 0 Å². The first kappa shape index (κ1) is 13.4. The number of ether oxygens (including phenoxy) is 1. The summed E-state index contributed by atoms with van der Waals surface area (Å²) in [5.74, 6) is -0.999. The molecule has 2 rings (SSSR count). The third-order valence-electron chi connectivity index (χ3n) is 3.12. The van der Waals surface area contributed by atoms with Crippen LogP contribution in [0.5, 0.6) is 0 Å². The standard InChI is InChI=1S/C12H14N4O3/c13-16-15-6-5-14-12(11(17)18)8-19-7-9-3-1-2-4-10(9)12/h1-4,14H,5-8H2,(H,17,18). The van der Waals surface area contributed by atoms with E-state index in [1.807, 2.05) is 12.1 Å². The van der Waals surface area contributed by atoms with Crippen molar-refractivity contribution in [2.45, 2.75) is 12.1 Å². The van der Waals surface area contributed by atoms with Crippen LogP contribution in [0.15, 0.2) is 29.4 Å². The van der Waals surface area contributed by atoms with Gasteiger partial charge in [-0.1, -0.05) is 29.4 Å². The van der Waals surface area contributed by atoms with E-state index in [0.717, 1.165) is 5.56 Å². The van der Waals surface area contributed by atoms with E-state index in [4.69, 9.17) is 10.3 Å². The fraction of sp³-hybridized carbons (Fsp3) is 0.417. The van der Waals surface area contributed by atoms with Gasteiger partial charge in [0, 0.05) is 18.0 Å². The monoisotopic (exact) mass is 262 g/mol. The van der Waals surface area contributed by atoms with E-state index in [2.05, 4.69) is 15.3 Å². The topological polar surface area (TPSA) is 107 Å². The summed E-state index contributed by atoms with van der Waals surface area (Å²) in [5.41, 5.74) is 8.50. The Labute approximate surface area is 109 Å². The van der Waals surface area contributed by atoms with Crippen LogP contribution in [0, 0.1) is 0 Å². The fourth-order valence-electron chi connectivity index (χ4n) is 2.22.